The molecule has 0 saturated carbocycles. The van der Waals surface area contributed by atoms with Gasteiger partial charge in [-0.3, -0.25) is 0 Å². The molecule has 2 heterocycles. The molecular weight excluding hydrogens is 246 g/mol. The summed E-state index contributed by atoms with van der Waals surface area (Å²) in [6.45, 7) is 0.568. The normalized spacial score (nSPS) is 10.7. The standard InChI is InChI=1S/C12H11N5O2/c18-9-3-1-8(2-4-9)6-13-10-5-11-15-16-12(19)17(11)7-14-10/h1-5,7,13,18H,6H2,(H,16,19). The molecule has 0 atom stereocenters. The van der Waals surface area contributed by atoms with Crippen LogP contribution in [0.5, 0.6) is 5.75 Å². The van der Waals surface area contributed by atoms with Gasteiger partial charge in [-0.1, -0.05) is 12.1 Å². The number of nitrogens with zero attached hydrogens (tertiary/aromatic N) is 3. The van der Waals surface area contributed by atoms with E-state index in [0.29, 0.717) is 18.0 Å². The second-order valence-electron chi connectivity index (χ2n) is 4.05. The van der Waals surface area contributed by atoms with Gasteiger partial charge in [0.1, 0.15) is 17.9 Å². The maximum absolute atomic E-state index is 11.3. The van der Waals surface area contributed by atoms with Crippen molar-refractivity contribution in [1.82, 2.24) is 19.6 Å². The van der Waals surface area contributed by atoms with E-state index in [2.05, 4.69) is 20.5 Å². The fraction of sp³-hybridized carbons (Fsp3) is 0.0833. The number of H-pyrrole nitrogens is 1. The number of aromatic amines is 1. The summed E-state index contributed by atoms with van der Waals surface area (Å²) in [5, 5.41) is 18.5. The summed E-state index contributed by atoms with van der Waals surface area (Å²) in [5.74, 6) is 0.860. The summed E-state index contributed by atoms with van der Waals surface area (Å²) < 4.78 is 1.33. The van der Waals surface area contributed by atoms with Gasteiger partial charge >= 0.3 is 5.69 Å². The van der Waals surface area contributed by atoms with Crippen LogP contribution in [0.15, 0.2) is 41.5 Å². The number of fused-ring (bicyclic) bond motifs is 1. The van der Waals surface area contributed by atoms with E-state index in [-0.39, 0.29) is 11.4 Å². The molecule has 0 fully saturated rings. The first kappa shape index (κ1) is 11.3. The molecule has 0 amide bonds. The Balaban J connectivity index is 1.78. The topological polar surface area (TPSA) is 95.3 Å². The minimum atomic E-state index is -0.312. The summed E-state index contributed by atoms with van der Waals surface area (Å²) in [6, 6.07) is 8.57. The van der Waals surface area contributed by atoms with Crippen molar-refractivity contribution >= 4 is 11.5 Å². The first-order chi connectivity index (χ1) is 9.22. The van der Waals surface area contributed by atoms with Gasteiger partial charge in [-0.15, -0.1) is 0 Å². The average Bonchev–Trinajstić information content (AvgIpc) is 2.79. The van der Waals surface area contributed by atoms with Crippen LogP contribution in [0.25, 0.3) is 5.65 Å². The van der Waals surface area contributed by atoms with Gasteiger partial charge in [0.25, 0.3) is 0 Å². The molecule has 19 heavy (non-hydrogen) atoms. The molecule has 0 spiro atoms. The van der Waals surface area contributed by atoms with Crippen LogP contribution in [0.1, 0.15) is 5.56 Å². The van der Waals surface area contributed by atoms with E-state index in [1.165, 1.54) is 10.7 Å². The van der Waals surface area contributed by atoms with Crippen molar-refractivity contribution < 1.29 is 5.11 Å². The number of phenols is 1. The molecule has 1 aromatic carbocycles. The second-order valence-corrected chi connectivity index (χ2v) is 4.05. The summed E-state index contributed by atoms with van der Waals surface area (Å²) in [7, 11) is 0. The molecule has 0 bridgehead atoms. The number of phenolic OH excluding ortho intramolecular Hbond substituents is 1. The highest BCUT2D eigenvalue weighted by atomic mass is 16.3. The van der Waals surface area contributed by atoms with Crippen molar-refractivity contribution in [2.24, 2.45) is 0 Å². The third-order valence-electron chi connectivity index (χ3n) is 2.72. The van der Waals surface area contributed by atoms with E-state index in [9.17, 15) is 9.90 Å². The maximum Gasteiger partial charge on any atom is 0.348 e. The van der Waals surface area contributed by atoms with Crippen LogP contribution in [0, 0.1) is 0 Å². The molecule has 0 unspecified atom stereocenters. The Kier molecular flexibility index (Phi) is 2.64. The lowest BCUT2D eigenvalue weighted by atomic mass is 10.2. The fourth-order valence-corrected chi connectivity index (χ4v) is 1.71. The summed E-state index contributed by atoms with van der Waals surface area (Å²) in [4.78, 5) is 15.4. The molecule has 0 aliphatic rings. The van der Waals surface area contributed by atoms with E-state index in [4.69, 9.17) is 0 Å². The van der Waals surface area contributed by atoms with Crippen LogP contribution in [-0.2, 0) is 6.54 Å². The van der Waals surface area contributed by atoms with Crippen molar-refractivity contribution in [3.8, 4) is 5.75 Å². The molecule has 3 rings (SSSR count). The Morgan fingerprint density at radius 1 is 1.32 bits per heavy atom. The number of nitrogens with one attached hydrogen (secondary N) is 2. The first-order valence-electron chi connectivity index (χ1n) is 5.67. The lowest BCUT2D eigenvalue weighted by molar-refractivity contribution is 0.475. The van der Waals surface area contributed by atoms with Crippen LogP contribution in [0.3, 0.4) is 0 Å². The first-order valence-corrected chi connectivity index (χ1v) is 5.67. The Bertz CT molecular complexity index is 760. The molecule has 3 aromatic rings. The van der Waals surface area contributed by atoms with Crippen molar-refractivity contribution in [1.29, 1.82) is 0 Å². The highest BCUT2D eigenvalue weighted by Gasteiger charge is 2.02. The fourth-order valence-electron chi connectivity index (χ4n) is 1.71. The summed E-state index contributed by atoms with van der Waals surface area (Å²) in [5.41, 5.74) is 1.21. The van der Waals surface area contributed by atoms with Crippen LogP contribution in [0.2, 0.25) is 0 Å². The zero-order valence-corrected chi connectivity index (χ0v) is 9.87. The van der Waals surface area contributed by atoms with Crippen LogP contribution >= 0.6 is 0 Å². The number of benzene rings is 1. The Morgan fingerprint density at radius 3 is 2.89 bits per heavy atom. The molecule has 0 aliphatic carbocycles. The number of aromatic nitrogens is 4. The average molecular weight is 257 g/mol. The number of aromatic hydroxyl groups is 1. The van der Waals surface area contributed by atoms with Gasteiger partial charge in [0.05, 0.1) is 0 Å². The van der Waals surface area contributed by atoms with Crippen molar-refractivity contribution in [3.05, 3.63) is 52.7 Å². The number of anilines is 1. The Labute approximate surface area is 107 Å². The van der Waals surface area contributed by atoms with Gasteiger partial charge in [0.2, 0.25) is 0 Å². The van der Waals surface area contributed by atoms with E-state index in [0.717, 1.165) is 5.56 Å². The third kappa shape index (κ3) is 2.25. The van der Waals surface area contributed by atoms with E-state index < -0.39 is 0 Å². The van der Waals surface area contributed by atoms with E-state index >= 15 is 0 Å². The summed E-state index contributed by atoms with van der Waals surface area (Å²) >= 11 is 0. The molecule has 0 aliphatic heterocycles. The molecule has 0 saturated heterocycles. The number of rotatable bonds is 3. The van der Waals surface area contributed by atoms with E-state index in [1.54, 1.807) is 18.2 Å². The highest BCUT2D eigenvalue weighted by molar-refractivity contribution is 5.48. The molecule has 0 radical (unpaired) electrons. The third-order valence-corrected chi connectivity index (χ3v) is 2.72. The van der Waals surface area contributed by atoms with Crippen molar-refractivity contribution in [2.45, 2.75) is 6.54 Å². The Morgan fingerprint density at radius 2 is 2.11 bits per heavy atom. The minimum absolute atomic E-state index is 0.235. The predicted octanol–water partition coefficient (Wildman–Crippen LogP) is 0.735. The van der Waals surface area contributed by atoms with E-state index in [1.807, 2.05) is 12.1 Å². The smallest absolute Gasteiger partial charge is 0.348 e. The van der Waals surface area contributed by atoms with Crippen molar-refractivity contribution in [2.75, 3.05) is 5.32 Å². The monoisotopic (exact) mass is 257 g/mol. The molecule has 7 heteroatoms. The molecule has 2 aromatic heterocycles. The van der Waals surface area contributed by atoms with Crippen LogP contribution < -0.4 is 11.0 Å². The zero-order valence-electron chi connectivity index (χ0n) is 9.87. The summed E-state index contributed by atoms with van der Waals surface area (Å²) in [6.07, 6.45) is 1.42. The van der Waals surface area contributed by atoms with Crippen LogP contribution in [0.4, 0.5) is 5.82 Å². The number of hydrogen-bond donors (Lipinski definition) is 3. The quantitative estimate of drug-likeness (QED) is 0.643. The van der Waals surface area contributed by atoms with Gasteiger partial charge in [-0.05, 0) is 17.7 Å². The SMILES string of the molecule is O=c1[nH]nc2cc(NCc3ccc(O)cc3)ncn12. The molecule has 7 nitrogen and oxygen atoms in total. The number of hydrogen-bond acceptors (Lipinski definition) is 5. The zero-order chi connectivity index (χ0) is 13.2. The van der Waals surface area contributed by atoms with Crippen LogP contribution in [-0.4, -0.2) is 24.7 Å². The molecular formula is C12H11N5O2. The Hall–Kier alpha value is -2.83. The van der Waals surface area contributed by atoms with Gasteiger partial charge in [0, 0.05) is 12.6 Å². The predicted molar refractivity (Wildman–Crippen MR) is 69.0 cm³/mol. The van der Waals surface area contributed by atoms with Gasteiger partial charge in [0.15, 0.2) is 5.65 Å². The maximum atomic E-state index is 11.3. The largest absolute Gasteiger partial charge is 0.508 e. The molecule has 96 valence electrons. The molecule has 3 N–H and O–H groups in total. The van der Waals surface area contributed by atoms with Gasteiger partial charge < -0.3 is 10.4 Å². The highest BCUT2D eigenvalue weighted by Crippen LogP contribution is 2.11. The lowest BCUT2D eigenvalue weighted by Gasteiger charge is -2.05. The van der Waals surface area contributed by atoms with Gasteiger partial charge in [-0.25, -0.2) is 19.3 Å². The van der Waals surface area contributed by atoms with Crippen molar-refractivity contribution in [3.63, 3.8) is 0 Å². The second kappa shape index (κ2) is 4.45. The lowest BCUT2D eigenvalue weighted by Crippen LogP contribution is -2.10. The van der Waals surface area contributed by atoms with Gasteiger partial charge in [-0.2, -0.15) is 5.10 Å². The minimum Gasteiger partial charge on any atom is -0.508 e.